The minimum atomic E-state index is 0.0760. The van der Waals surface area contributed by atoms with Crippen molar-refractivity contribution >= 4 is 33.3 Å². The molecule has 4 aromatic rings. The molecule has 3 aromatic carbocycles. The summed E-state index contributed by atoms with van der Waals surface area (Å²) < 4.78 is 5.65. The van der Waals surface area contributed by atoms with Gasteiger partial charge in [0, 0.05) is 22.9 Å². The van der Waals surface area contributed by atoms with Crippen LogP contribution in [-0.4, -0.2) is 12.5 Å². The van der Waals surface area contributed by atoms with Crippen molar-refractivity contribution in [1.82, 2.24) is 0 Å². The zero-order chi connectivity index (χ0) is 18.1. The van der Waals surface area contributed by atoms with Crippen molar-refractivity contribution in [3.8, 4) is 0 Å². The van der Waals surface area contributed by atoms with E-state index in [4.69, 9.17) is 4.42 Å². The van der Waals surface area contributed by atoms with E-state index in [-0.39, 0.29) is 5.91 Å². The van der Waals surface area contributed by atoms with E-state index in [0.717, 1.165) is 38.6 Å². The van der Waals surface area contributed by atoms with Crippen LogP contribution < -0.4 is 4.90 Å². The van der Waals surface area contributed by atoms with Gasteiger partial charge < -0.3 is 9.32 Å². The van der Waals surface area contributed by atoms with Gasteiger partial charge in [-0.05, 0) is 36.9 Å². The highest BCUT2D eigenvalue weighted by molar-refractivity contribution is 6.05. The van der Waals surface area contributed by atoms with Gasteiger partial charge in [-0.2, -0.15) is 0 Å². The van der Waals surface area contributed by atoms with E-state index < -0.39 is 0 Å². The summed E-state index contributed by atoms with van der Waals surface area (Å²) in [7, 11) is 0. The highest BCUT2D eigenvalue weighted by Gasteiger charge is 2.18. The van der Waals surface area contributed by atoms with Crippen LogP contribution in [0.2, 0.25) is 0 Å². The van der Waals surface area contributed by atoms with E-state index in [1.807, 2.05) is 61.2 Å². The van der Waals surface area contributed by atoms with Gasteiger partial charge in [0.05, 0.1) is 18.4 Å². The lowest BCUT2D eigenvalue weighted by atomic mass is 10.1. The molecule has 0 atom stereocenters. The molecule has 3 heteroatoms. The van der Waals surface area contributed by atoms with Crippen LogP contribution in [-0.2, 0) is 11.2 Å². The first-order valence-corrected chi connectivity index (χ1v) is 8.92. The summed E-state index contributed by atoms with van der Waals surface area (Å²) in [5.74, 6) is 0.0760. The molecule has 26 heavy (non-hydrogen) atoms. The molecular formula is C23H21NO2. The summed E-state index contributed by atoms with van der Waals surface area (Å²) in [5, 5.41) is 3.25. The number of furan rings is 1. The van der Waals surface area contributed by atoms with Crippen LogP contribution in [0.5, 0.6) is 0 Å². The van der Waals surface area contributed by atoms with E-state index >= 15 is 0 Å². The quantitative estimate of drug-likeness (QED) is 0.491. The summed E-state index contributed by atoms with van der Waals surface area (Å²) in [6.07, 6.45) is 2.03. The predicted octanol–water partition coefficient (Wildman–Crippen LogP) is 5.49. The molecule has 0 aliphatic carbocycles. The summed E-state index contributed by atoms with van der Waals surface area (Å²) in [6.45, 7) is 4.67. The Morgan fingerprint density at radius 1 is 1.00 bits per heavy atom. The summed E-state index contributed by atoms with van der Waals surface area (Å²) in [4.78, 5) is 14.9. The van der Waals surface area contributed by atoms with Gasteiger partial charge in [-0.1, -0.05) is 48.5 Å². The molecule has 0 fully saturated rings. The van der Waals surface area contributed by atoms with Crippen molar-refractivity contribution < 1.29 is 9.21 Å². The third-order valence-electron chi connectivity index (χ3n) is 4.83. The van der Waals surface area contributed by atoms with E-state index in [0.29, 0.717) is 13.0 Å². The fraction of sp³-hybridized carbons (Fsp3) is 0.174. The van der Waals surface area contributed by atoms with E-state index in [1.165, 1.54) is 0 Å². The number of likely N-dealkylation sites (N-methyl/N-ethyl adjacent to an activating group) is 1. The summed E-state index contributed by atoms with van der Waals surface area (Å²) in [6, 6.07) is 20.3. The highest BCUT2D eigenvalue weighted by atomic mass is 16.3. The highest BCUT2D eigenvalue weighted by Crippen LogP contribution is 2.28. The van der Waals surface area contributed by atoms with Crippen LogP contribution in [0.25, 0.3) is 21.7 Å². The third kappa shape index (κ3) is 2.86. The molecule has 1 amide bonds. The van der Waals surface area contributed by atoms with Gasteiger partial charge in [0.2, 0.25) is 5.91 Å². The average molecular weight is 343 g/mol. The Morgan fingerprint density at radius 2 is 1.81 bits per heavy atom. The second-order valence-electron chi connectivity index (χ2n) is 6.57. The topological polar surface area (TPSA) is 33.5 Å². The van der Waals surface area contributed by atoms with Gasteiger partial charge in [-0.15, -0.1) is 0 Å². The Kier molecular flexibility index (Phi) is 4.21. The Morgan fingerprint density at radius 3 is 2.65 bits per heavy atom. The number of aryl methyl sites for hydroxylation is 1. The maximum absolute atomic E-state index is 13.1. The predicted molar refractivity (Wildman–Crippen MR) is 107 cm³/mol. The number of hydrogen-bond acceptors (Lipinski definition) is 2. The van der Waals surface area contributed by atoms with Crippen molar-refractivity contribution in [1.29, 1.82) is 0 Å². The molecule has 0 unspecified atom stereocenters. The Labute approximate surface area is 152 Å². The largest absolute Gasteiger partial charge is 0.464 e. The number of nitrogens with zero attached hydrogens (tertiary/aromatic N) is 1. The third-order valence-corrected chi connectivity index (χ3v) is 4.83. The Hall–Kier alpha value is -3.07. The van der Waals surface area contributed by atoms with Crippen LogP contribution >= 0.6 is 0 Å². The minimum absolute atomic E-state index is 0.0760. The van der Waals surface area contributed by atoms with Crippen LogP contribution in [0.4, 0.5) is 5.69 Å². The first-order chi connectivity index (χ1) is 12.7. The van der Waals surface area contributed by atoms with Crippen molar-refractivity contribution in [2.45, 2.75) is 20.3 Å². The zero-order valence-electron chi connectivity index (χ0n) is 15.0. The molecule has 1 aromatic heterocycles. The molecule has 0 spiro atoms. The number of hydrogen-bond donors (Lipinski definition) is 0. The molecular weight excluding hydrogens is 322 g/mol. The van der Waals surface area contributed by atoms with E-state index in [1.54, 1.807) is 6.26 Å². The number of anilines is 1. The molecule has 0 saturated carbocycles. The van der Waals surface area contributed by atoms with Gasteiger partial charge in [-0.3, -0.25) is 4.79 Å². The minimum Gasteiger partial charge on any atom is -0.464 e. The van der Waals surface area contributed by atoms with E-state index in [2.05, 4.69) is 18.2 Å². The second-order valence-corrected chi connectivity index (χ2v) is 6.57. The van der Waals surface area contributed by atoms with E-state index in [9.17, 15) is 4.79 Å². The van der Waals surface area contributed by atoms with Crippen LogP contribution in [0.1, 0.15) is 18.1 Å². The van der Waals surface area contributed by atoms with Gasteiger partial charge in [0.15, 0.2) is 0 Å². The Balaban J connectivity index is 1.69. The molecule has 0 N–H and O–H groups in total. The molecule has 1 heterocycles. The molecule has 3 nitrogen and oxygen atoms in total. The number of amides is 1. The standard InChI is InChI=1S/C23H21NO2/c1-3-24(21-10-6-8-17-7-4-5-9-19(17)21)23(25)14-18-15-26-22-13-16(2)11-12-20(18)22/h4-13,15H,3,14H2,1-2H3. The molecule has 0 aliphatic heterocycles. The lowest BCUT2D eigenvalue weighted by Crippen LogP contribution is -2.32. The number of carbonyl (C=O) groups excluding carboxylic acids is 1. The fourth-order valence-electron chi connectivity index (χ4n) is 3.51. The number of rotatable bonds is 4. The lowest BCUT2D eigenvalue weighted by molar-refractivity contribution is -0.117. The van der Waals surface area contributed by atoms with Gasteiger partial charge in [0.25, 0.3) is 0 Å². The van der Waals surface area contributed by atoms with Gasteiger partial charge >= 0.3 is 0 Å². The maximum Gasteiger partial charge on any atom is 0.231 e. The fourth-order valence-corrected chi connectivity index (χ4v) is 3.51. The molecule has 0 radical (unpaired) electrons. The average Bonchev–Trinajstić information content (AvgIpc) is 3.04. The van der Waals surface area contributed by atoms with Crippen molar-refractivity contribution in [3.05, 3.63) is 78.1 Å². The molecule has 0 bridgehead atoms. The van der Waals surface area contributed by atoms with Crippen molar-refractivity contribution in [2.75, 3.05) is 11.4 Å². The maximum atomic E-state index is 13.1. The first kappa shape index (κ1) is 16.4. The smallest absolute Gasteiger partial charge is 0.231 e. The zero-order valence-corrected chi connectivity index (χ0v) is 15.0. The monoisotopic (exact) mass is 343 g/mol. The molecule has 0 aliphatic rings. The Bertz CT molecular complexity index is 1090. The van der Waals surface area contributed by atoms with Crippen molar-refractivity contribution in [2.24, 2.45) is 0 Å². The van der Waals surface area contributed by atoms with Crippen LogP contribution in [0.15, 0.2) is 71.3 Å². The normalized spacial score (nSPS) is 11.2. The SMILES string of the molecule is CCN(C(=O)Cc1coc2cc(C)ccc12)c1cccc2ccccc12. The lowest BCUT2D eigenvalue weighted by Gasteiger charge is -2.22. The van der Waals surface area contributed by atoms with Crippen molar-refractivity contribution in [3.63, 3.8) is 0 Å². The summed E-state index contributed by atoms with van der Waals surface area (Å²) in [5.41, 5.74) is 3.87. The first-order valence-electron chi connectivity index (χ1n) is 8.92. The summed E-state index contributed by atoms with van der Waals surface area (Å²) >= 11 is 0. The molecule has 130 valence electrons. The van der Waals surface area contributed by atoms with Crippen LogP contribution in [0.3, 0.4) is 0 Å². The van der Waals surface area contributed by atoms with Gasteiger partial charge in [-0.25, -0.2) is 0 Å². The molecule has 0 saturated heterocycles. The number of benzene rings is 3. The molecule has 4 rings (SSSR count). The van der Waals surface area contributed by atoms with Crippen LogP contribution in [0, 0.1) is 6.92 Å². The number of carbonyl (C=O) groups is 1. The second kappa shape index (κ2) is 6.68. The number of fused-ring (bicyclic) bond motifs is 2. The van der Waals surface area contributed by atoms with Gasteiger partial charge in [0.1, 0.15) is 5.58 Å².